The van der Waals surface area contributed by atoms with Crippen molar-refractivity contribution in [3.63, 3.8) is 0 Å². The average Bonchev–Trinajstić information content (AvgIpc) is 2.39. The molecule has 0 saturated carbocycles. The van der Waals surface area contributed by atoms with Crippen LogP contribution in [0, 0.1) is 5.92 Å². The van der Waals surface area contributed by atoms with E-state index in [4.69, 9.17) is 18.9 Å². The van der Waals surface area contributed by atoms with Crippen molar-refractivity contribution in [1.29, 1.82) is 0 Å². The molecule has 0 aliphatic carbocycles. The van der Waals surface area contributed by atoms with Crippen LogP contribution in [0.15, 0.2) is 0 Å². The molecule has 0 spiro atoms. The van der Waals surface area contributed by atoms with E-state index in [1.54, 1.807) is 0 Å². The molecule has 0 aromatic rings. The van der Waals surface area contributed by atoms with Gasteiger partial charge in [0.1, 0.15) is 0 Å². The number of rotatable bonds is 5. The topological polar surface area (TPSA) is 36.9 Å². The monoisotopic (exact) mass is 244 g/mol. The molecule has 2 saturated heterocycles. The van der Waals surface area contributed by atoms with Gasteiger partial charge in [0.2, 0.25) is 0 Å². The first-order valence-electron chi connectivity index (χ1n) is 6.85. The fourth-order valence-corrected chi connectivity index (χ4v) is 2.36. The fraction of sp³-hybridized carbons (Fsp3) is 1.00. The molecule has 0 N–H and O–H groups in total. The Morgan fingerprint density at radius 3 is 2.65 bits per heavy atom. The van der Waals surface area contributed by atoms with Gasteiger partial charge in [0.25, 0.3) is 0 Å². The van der Waals surface area contributed by atoms with Crippen molar-refractivity contribution >= 4 is 0 Å². The van der Waals surface area contributed by atoms with Gasteiger partial charge in [-0.05, 0) is 38.5 Å². The summed E-state index contributed by atoms with van der Waals surface area (Å²) in [5.41, 5.74) is 0. The molecule has 3 atom stereocenters. The predicted octanol–water partition coefficient (Wildman–Crippen LogP) is 2.32. The third-order valence-corrected chi connectivity index (χ3v) is 3.36. The first kappa shape index (κ1) is 13.3. The second-order valence-electron chi connectivity index (χ2n) is 4.78. The number of hydrogen-bond donors (Lipinski definition) is 0. The van der Waals surface area contributed by atoms with E-state index in [1.807, 2.05) is 6.92 Å². The molecule has 2 fully saturated rings. The summed E-state index contributed by atoms with van der Waals surface area (Å²) in [6, 6.07) is 0. The minimum absolute atomic E-state index is 0.0251. The molecule has 0 bridgehead atoms. The van der Waals surface area contributed by atoms with E-state index in [1.165, 1.54) is 12.8 Å². The van der Waals surface area contributed by atoms with Gasteiger partial charge in [-0.25, -0.2) is 0 Å². The molecule has 2 heterocycles. The first-order valence-corrected chi connectivity index (χ1v) is 6.85. The molecular formula is C13H24O4. The lowest BCUT2D eigenvalue weighted by atomic mass is 10.0. The van der Waals surface area contributed by atoms with Crippen LogP contribution in [0.25, 0.3) is 0 Å². The van der Waals surface area contributed by atoms with Crippen LogP contribution >= 0.6 is 0 Å². The van der Waals surface area contributed by atoms with Crippen LogP contribution < -0.4 is 0 Å². The Morgan fingerprint density at radius 2 is 1.88 bits per heavy atom. The van der Waals surface area contributed by atoms with Crippen LogP contribution in [0.4, 0.5) is 0 Å². The van der Waals surface area contributed by atoms with Crippen LogP contribution in [0.2, 0.25) is 0 Å². The zero-order chi connectivity index (χ0) is 11.9. The Balaban J connectivity index is 1.64. The molecule has 0 aromatic carbocycles. The molecule has 17 heavy (non-hydrogen) atoms. The average molecular weight is 244 g/mol. The smallest absolute Gasteiger partial charge is 0.157 e. The predicted molar refractivity (Wildman–Crippen MR) is 63.6 cm³/mol. The van der Waals surface area contributed by atoms with Gasteiger partial charge in [0.15, 0.2) is 12.6 Å². The summed E-state index contributed by atoms with van der Waals surface area (Å²) in [6.07, 6.45) is 5.44. The molecule has 0 amide bonds. The highest BCUT2D eigenvalue weighted by molar-refractivity contribution is 4.67. The van der Waals surface area contributed by atoms with Crippen molar-refractivity contribution in [2.45, 2.75) is 51.6 Å². The molecule has 100 valence electrons. The summed E-state index contributed by atoms with van der Waals surface area (Å²) in [7, 11) is 0. The van der Waals surface area contributed by atoms with E-state index in [0.29, 0.717) is 12.5 Å². The summed E-state index contributed by atoms with van der Waals surface area (Å²) < 4.78 is 22.4. The van der Waals surface area contributed by atoms with Crippen LogP contribution in [-0.4, -0.2) is 39.0 Å². The molecular weight excluding hydrogens is 220 g/mol. The summed E-state index contributed by atoms with van der Waals surface area (Å²) >= 11 is 0. The van der Waals surface area contributed by atoms with Crippen molar-refractivity contribution in [3.05, 3.63) is 0 Å². The van der Waals surface area contributed by atoms with Gasteiger partial charge < -0.3 is 18.9 Å². The van der Waals surface area contributed by atoms with E-state index in [-0.39, 0.29) is 12.6 Å². The van der Waals surface area contributed by atoms with Gasteiger partial charge in [-0.1, -0.05) is 0 Å². The summed E-state index contributed by atoms with van der Waals surface area (Å²) in [5.74, 6) is 0.547. The standard InChI is InChI=1S/C13H24O4/c1-2-14-13-9-11(6-8-16-13)10-17-12-5-3-4-7-15-12/h11-13H,2-10H2,1H3. The minimum atomic E-state index is -0.0328. The first-order chi connectivity index (χ1) is 8.38. The molecule has 2 aliphatic heterocycles. The summed E-state index contributed by atoms with van der Waals surface area (Å²) in [6.45, 7) is 5.12. The van der Waals surface area contributed by atoms with Crippen LogP contribution in [-0.2, 0) is 18.9 Å². The maximum Gasteiger partial charge on any atom is 0.157 e. The van der Waals surface area contributed by atoms with Crippen LogP contribution in [0.3, 0.4) is 0 Å². The third-order valence-electron chi connectivity index (χ3n) is 3.36. The maximum absolute atomic E-state index is 5.82. The van der Waals surface area contributed by atoms with E-state index in [2.05, 4.69) is 0 Å². The molecule has 4 nitrogen and oxygen atoms in total. The SMILES string of the molecule is CCOC1CC(COC2CCCCO2)CCO1. The lowest BCUT2D eigenvalue weighted by Crippen LogP contribution is -2.32. The molecule has 0 radical (unpaired) electrons. The largest absolute Gasteiger partial charge is 0.353 e. The second-order valence-corrected chi connectivity index (χ2v) is 4.78. The fourth-order valence-electron chi connectivity index (χ4n) is 2.36. The molecule has 0 aromatic heterocycles. The number of hydrogen-bond acceptors (Lipinski definition) is 4. The zero-order valence-electron chi connectivity index (χ0n) is 10.7. The van der Waals surface area contributed by atoms with Crippen molar-refractivity contribution in [2.24, 2.45) is 5.92 Å². The highest BCUT2D eigenvalue weighted by atomic mass is 16.7. The Kier molecular flexibility index (Phi) is 5.71. The van der Waals surface area contributed by atoms with Gasteiger partial charge in [-0.2, -0.15) is 0 Å². The Bertz CT molecular complexity index is 202. The van der Waals surface area contributed by atoms with E-state index >= 15 is 0 Å². The van der Waals surface area contributed by atoms with Crippen molar-refractivity contribution in [1.82, 2.24) is 0 Å². The Hall–Kier alpha value is -0.160. The number of ether oxygens (including phenoxy) is 4. The van der Waals surface area contributed by atoms with Gasteiger partial charge in [-0.15, -0.1) is 0 Å². The lowest BCUT2D eigenvalue weighted by Gasteiger charge is -2.31. The van der Waals surface area contributed by atoms with Crippen molar-refractivity contribution < 1.29 is 18.9 Å². The van der Waals surface area contributed by atoms with Crippen LogP contribution in [0.1, 0.15) is 39.0 Å². The molecule has 2 rings (SSSR count). The zero-order valence-corrected chi connectivity index (χ0v) is 10.7. The van der Waals surface area contributed by atoms with Crippen molar-refractivity contribution in [2.75, 3.05) is 26.4 Å². The van der Waals surface area contributed by atoms with E-state index in [9.17, 15) is 0 Å². The maximum atomic E-state index is 5.82. The quantitative estimate of drug-likeness (QED) is 0.743. The molecule has 3 unspecified atom stereocenters. The Morgan fingerprint density at radius 1 is 1.00 bits per heavy atom. The lowest BCUT2D eigenvalue weighted by molar-refractivity contribution is -0.200. The van der Waals surface area contributed by atoms with Crippen molar-refractivity contribution in [3.8, 4) is 0 Å². The summed E-state index contributed by atoms with van der Waals surface area (Å²) in [4.78, 5) is 0. The van der Waals surface area contributed by atoms with Gasteiger partial charge in [0.05, 0.1) is 13.2 Å². The molecule has 4 heteroatoms. The molecule has 2 aliphatic rings. The summed E-state index contributed by atoms with van der Waals surface area (Å²) in [5, 5.41) is 0. The van der Waals surface area contributed by atoms with Crippen LogP contribution in [0.5, 0.6) is 0 Å². The minimum Gasteiger partial charge on any atom is -0.353 e. The second kappa shape index (κ2) is 7.31. The van der Waals surface area contributed by atoms with Gasteiger partial charge in [-0.3, -0.25) is 0 Å². The van der Waals surface area contributed by atoms with E-state index < -0.39 is 0 Å². The third kappa shape index (κ3) is 4.54. The van der Waals surface area contributed by atoms with Gasteiger partial charge in [0, 0.05) is 19.6 Å². The normalized spacial score (nSPS) is 34.8. The highest BCUT2D eigenvalue weighted by Crippen LogP contribution is 2.23. The van der Waals surface area contributed by atoms with E-state index in [0.717, 1.165) is 39.1 Å². The Labute approximate surface area is 104 Å². The van der Waals surface area contributed by atoms with Gasteiger partial charge >= 0.3 is 0 Å². The highest BCUT2D eigenvalue weighted by Gasteiger charge is 2.24.